The van der Waals surface area contributed by atoms with E-state index in [2.05, 4.69) is 82.6 Å². The Morgan fingerprint density at radius 2 is 1.53 bits per heavy atom. The smallest absolute Gasteiger partial charge is 0.254 e. The van der Waals surface area contributed by atoms with E-state index in [-0.39, 0.29) is 11.9 Å². The number of amides is 1. The van der Waals surface area contributed by atoms with Crippen LogP contribution >= 0.6 is 0 Å². The van der Waals surface area contributed by atoms with Gasteiger partial charge in [-0.1, -0.05) is 84.9 Å². The highest BCUT2D eigenvalue weighted by Crippen LogP contribution is 2.36. The molecule has 162 valence electrons. The van der Waals surface area contributed by atoms with Crippen LogP contribution in [-0.2, 0) is 6.42 Å². The maximum atomic E-state index is 13.2. The predicted molar refractivity (Wildman–Crippen MR) is 130 cm³/mol. The van der Waals surface area contributed by atoms with E-state index in [0.29, 0.717) is 0 Å². The van der Waals surface area contributed by atoms with Crippen molar-refractivity contribution in [3.05, 3.63) is 113 Å². The van der Waals surface area contributed by atoms with E-state index in [4.69, 9.17) is 0 Å². The van der Waals surface area contributed by atoms with E-state index in [1.165, 1.54) is 22.3 Å². The minimum Gasteiger partial charge on any atom is -0.331 e. The van der Waals surface area contributed by atoms with E-state index in [0.717, 1.165) is 51.0 Å². The van der Waals surface area contributed by atoms with Gasteiger partial charge in [-0.05, 0) is 47.6 Å². The Labute approximate surface area is 191 Å². The summed E-state index contributed by atoms with van der Waals surface area (Å²) in [6, 6.07) is 29.5. The first kappa shape index (κ1) is 20.7. The van der Waals surface area contributed by atoms with Crippen molar-refractivity contribution >= 4 is 11.5 Å². The largest absolute Gasteiger partial charge is 0.331 e. The summed E-state index contributed by atoms with van der Waals surface area (Å²) in [7, 11) is 0. The molecule has 1 atom stereocenters. The molecule has 0 fully saturated rings. The van der Waals surface area contributed by atoms with Gasteiger partial charge in [-0.25, -0.2) is 0 Å². The van der Waals surface area contributed by atoms with Gasteiger partial charge < -0.3 is 4.90 Å². The predicted octanol–water partition coefficient (Wildman–Crippen LogP) is 5.61. The molecule has 0 aliphatic carbocycles. The van der Waals surface area contributed by atoms with Crippen LogP contribution in [0.25, 0.3) is 5.57 Å². The number of nitrogens with zero attached hydrogens (tertiary/aromatic N) is 2. The zero-order valence-electron chi connectivity index (χ0n) is 18.5. The van der Waals surface area contributed by atoms with Crippen molar-refractivity contribution in [3.63, 3.8) is 0 Å². The normalized spacial score (nSPS) is 18.5. The van der Waals surface area contributed by atoms with Crippen molar-refractivity contribution in [1.29, 1.82) is 0 Å². The van der Waals surface area contributed by atoms with Gasteiger partial charge in [0.2, 0.25) is 0 Å². The van der Waals surface area contributed by atoms with Crippen molar-refractivity contribution in [1.82, 2.24) is 9.80 Å². The summed E-state index contributed by atoms with van der Waals surface area (Å²) in [5.74, 6) is 0.187. The van der Waals surface area contributed by atoms with E-state index in [9.17, 15) is 4.79 Å². The number of benzene rings is 3. The lowest BCUT2D eigenvalue weighted by molar-refractivity contribution is 0.0716. The molecule has 0 saturated heterocycles. The standard InChI is InChI=1S/C29H30N2O/c32-29-27-15-8-7-14-26(27)28(22-23-10-3-1-4-11-23)31(29)19-9-18-30-20-16-25(17-21-30)24-12-5-2-6-13-24/h1-8,10-16,28H,9,17-22H2. The van der Waals surface area contributed by atoms with Gasteiger partial charge >= 0.3 is 0 Å². The molecule has 2 aliphatic rings. The zero-order chi connectivity index (χ0) is 21.8. The topological polar surface area (TPSA) is 23.6 Å². The average Bonchev–Trinajstić information content (AvgIpc) is 3.12. The second-order valence-electron chi connectivity index (χ2n) is 8.79. The van der Waals surface area contributed by atoms with Gasteiger partial charge in [0.1, 0.15) is 0 Å². The molecule has 3 aromatic carbocycles. The molecule has 3 heteroatoms. The third kappa shape index (κ3) is 4.39. The fraction of sp³-hybridized carbons (Fsp3) is 0.276. The summed E-state index contributed by atoms with van der Waals surface area (Å²) in [6.45, 7) is 3.90. The molecule has 2 aliphatic heterocycles. The number of rotatable bonds is 7. The second-order valence-corrected chi connectivity index (χ2v) is 8.79. The first-order chi connectivity index (χ1) is 15.8. The average molecular weight is 423 g/mol. The quantitative estimate of drug-likeness (QED) is 0.494. The van der Waals surface area contributed by atoms with Crippen LogP contribution in [0.4, 0.5) is 0 Å². The maximum absolute atomic E-state index is 13.2. The summed E-state index contributed by atoms with van der Waals surface area (Å²) in [4.78, 5) is 17.8. The number of hydrogen-bond donors (Lipinski definition) is 0. The van der Waals surface area contributed by atoms with Crippen molar-refractivity contribution in [2.24, 2.45) is 0 Å². The molecular weight excluding hydrogens is 392 g/mol. The highest BCUT2D eigenvalue weighted by atomic mass is 16.2. The molecule has 1 amide bonds. The fourth-order valence-corrected chi connectivity index (χ4v) is 5.05. The summed E-state index contributed by atoms with van der Waals surface area (Å²) in [5, 5.41) is 0. The number of carbonyl (C=O) groups excluding carboxylic acids is 1. The minimum absolute atomic E-state index is 0.132. The van der Waals surface area contributed by atoms with E-state index < -0.39 is 0 Å². The van der Waals surface area contributed by atoms with Crippen LogP contribution in [0.5, 0.6) is 0 Å². The maximum Gasteiger partial charge on any atom is 0.254 e. The molecule has 5 rings (SSSR count). The van der Waals surface area contributed by atoms with Gasteiger partial charge in [-0.15, -0.1) is 0 Å². The van der Waals surface area contributed by atoms with Crippen LogP contribution in [0.2, 0.25) is 0 Å². The molecule has 0 radical (unpaired) electrons. The Hall–Kier alpha value is -3.17. The minimum atomic E-state index is 0.132. The third-order valence-corrected chi connectivity index (χ3v) is 6.77. The van der Waals surface area contributed by atoms with Crippen LogP contribution in [-0.4, -0.2) is 41.9 Å². The van der Waals surface area contributed by atoms with Crippen LogP contribution < -0.4 is 0 Å². The highest BCUT2D eigenvalue weighted by molar-refractivity contribution is 5.99. The molecule has 32 heavy (non-hydrogen) atoms. The van der Waals surface area contributed by atoms with Gasteiger partial charge in [-0.2, -0.15) is 0 Å². The Balaban J connectivity index is 1.22. The van der Waals surface area contributed by atoms with E-state index in [1.54, 1.807) is 0 Å². The Morgan fingerprint density at radius 1 is 0.812 bits per heavy atom. The molecule has 0 aromatic heterocycles. The molecule has 3 aromatic rings. The van der Waals surface area contributed by atoms with Crippen molar-refractivity contribution in [2.45, 2.75) is 25.3 Å². The molecular formula is C29H30N2O. The van der Waals surface area contributed by atoms with Crippen LogP contribution in [0.3, 0.4) is 0 Å². The van der Waals surface area contributed by atoms with Crippen LogP contribution in [0, 0.1) is 0 Å². The van der Waals surface area contributed by atoms with E-state index in [1.807, 2.05) is 18.2 Å². The Kier molecular flexibility index (Phi) is 6.17. The van der Waals surface area contributed by atoms with Crippen molar-refractivity contribution in [2.75, 3.05) is 26.2 Å². The number of hydrogen-bond acceptors (Lipinski definition) is 2. The van der Waals surface area contributed by atoms with Gasteiger partial charge in [0, 0.05) is 31.7 Å². The molecule has 0 saturated carbocycles. The summed E-state index contributed by atoms with van der Waals surface area (Å²) >= 11 is 0. The third-order valence-electron chi connectivity index (χ3n) is 6.77. The lowest BCUT2D eigenvalue weighted by atomic mass is 9.98. The summed E-state index contributed by atoms with van der Waals surface area (Å²) in [6.07, 6.45) is 5.33. The molecule has 0 N–H and O–H groups in total. The van der Waals surface area contributed by atoms with Crippen LogP contribution in [0.15, 0.2) is 91.0 Å². The summed E-state index contributed by atoms with van der Waals surface area (Å²) < 4.78 is 0. The first-order valence-corrected chi connectivity index (χ1v) is 11.7. The van der Waals surface area contributed by atoms with Crippen molar-refractivity contribution < 1.29 is 4.79 Å². The number of carbonyl (C=O) groups is 1. The molecule has 0 spiro atoms. The van der Waals surface area contributed by atoms with Gasteiger partial charge in [0.25, 0.3) is 5.91 Å². The second kappa shape index (κ2) is 9.54. The Bertz CT molecular complexity index is 1090. The lowest BCUT2D eigenvalue weighted by Gasteiger charge is -2.29. The highest BCUT2D eigenvalue weighted by Gasteiger charge is 2.35. The molecule has 0 bridgehead atoms. The monoisotopic (exact) mass is 422 g/mol. The van der Waals surface area contributed by atoms with Gasteiger partial charge in [0.05, 0.1) is 6.04 Å². The van der Waals surface area contributed by atoms with Crippen LogP contribution in [0.1, 0.15) is 45.9 Å². The number of fused-ring (bicyclic) bond motifs is 1. The Morgan fingerprint density at radius 3 is 2.28 bits per heavy atom. The van der Waals surface area contributed by atoms with E-state index >= 15 is 0 Å². The van der Waals surface area contributed by atoms with Crippen molar-refractivity contribution in [3.8, 4) is 0 Å². The SMILES string of the molecule is O=C1c2ccccc2C(Cc2ccccc2)N1CCCN1CC=C(c2ccccc2)CC1. The molecule has 2 heterocycles. The zero-order valence-corrected chi connectivity index (χ0v) is 18.5. The lowest BCUT2D eigenvalue weighted by Crippen LogP contribution is -2.34. The van der Waals surface area contributed by atoms with Gasteiger partial charge in [0.15, 0.2) is 0 Å². The molecule has 3 nitrogen and oxygen atoms in total. The van der Waals surface area contributed by atoms with Gasteiger partial charge in [-0.3, -0.25) is 9.69 Å². The first-order valence-electron chi connectivity index (χ1n) is 11.7. The summed E-state index contributed by atoms with van der Waals surface area (Å²) in [5.41, 5.74) is 6.13. The fourth-order valence-electron chi connectivity index (χ4n) is 5.05. The molecule has 1 unspecified atom stereocenters.